The van der Waals surface area contributed by atoms with E-state index in [2.05, 4.69) is 28.2 Å². The predicted molar refractivity (Wildman–Crippen MR) is 103 cm³/mol. The fraction of sp³-hybridized carbons (Fsp3) is 0.450. The van der Waals surface area contributed by atoms with Crippen LogP contribution in [0, 0.1) is 17.2 Å². The van der Waals surface area contributed by atoms with E-state index in [4.69, 9.17) is 0 Å². The first-order chi connectivity index (χ1) is 12.5. The molecule has 0 spiro atoms. The molecule has 6 heteroatoms. The smallest absolute Gasteiger partial charge is 0.234 e. The number of anilines is 1. The molecule has 1 aliphatic heterocycles. The maximum Gasteiger partial charge on any atom is 0.234 e. The third-order valence-electron chi connectivity index (χ3n) is 4.69. The van der Waals surface area contributed by atoms with Gasteiger partial charge in [-0.25, -0.2) is 0 Å². The molecule has 6 nitrogen and oxygen atoms in total. The van der Waals surface area contributed by atoms with E-state index in [-0.39, 0.29) is 11.9 Å². The van der Waals surface area contributed by atoms with E-state index in [1.165, 1.54) is 0 Å². The second-order valence-corrected chi connectivity index (χ2v) is 7.39. The molecule has 2 atom stereocenters. The van der Waals surface area contributed by atoms with Crippen LogP contribution in [0.1, 0.15) is 18.9 Å². The van der Waals surface area contributed by atoms with E-state index < -0.39 is 0 Å². The van der Waals surface area contributed by atoms with Crippen LogP contribution in [0.2, 0.25) is 0 Å². The van der Waals surface area contributed by atoms with Crippen LogP contribution in [-0.4, -0.2) is 55.6 Å². The number of aromatic nitrogens is 1. The van der Waals surface area contributed by atoms with Gasteiger partial charge < -0.3 is 15.1 Å². The molecule has 1 saturated heterocycles. The molecule has 0 bridgehead atoms. The molecule has 1 aliphatic rings. The summed E-state index contributed by atoms with van der Waals surface area (Å²) in [7, 11) is 3.79. The number of nitrogens with zero attached hydrogens (tertiary/aromatic N) is 4. The highest BCUT2D eigenvalue weighted by Gasteiger charge is 2.27. The molecule has 2 aromatic rings. The van der Waals surface area contributed by atoms with Crippen LogP contribution in [0.25, 0.3) is 10.9 Å². The van der Waals surface area contributed by atoms with Crippen molar-refractivity contribution in [2.75, 3.05) is 38.6 Å². The summed E-state index contributed by atoms with van der Waals surface area (Å²) in [6.45, 7) is 4.30. The Kier molecular flexibility index (Phi) is 5.38. The fourth-order valence-corrected chi connectivity index (χ4v) is 3.74. The summed E-state index contributed by atoms with van der Waals surface area (Å²) < 4.78 is 0. The van der Waals surface area contributed by atoms with Crippen molar-refractivity contribution in [3.05, 3.63) is 36.0 Å². The lowest BCUT2D eigenvalue weighted by Gasteiger charge is -2.39. The summed E-state index contributed by atoms with van der Waals surface area (Å²) in [5, 5.41) is 13.5. The second kappa shape index (κ2) is 7.71. The highest BCUT2D eigenvalue weighted by molar-refractivity contribution is 5.95. The van der Waals surface area contributed by atoms with Gasteiger partial charge >= 0.3 is 0 Å². The van der Waals surface area contributed by atoms with E-state index in [1.807, 2.05) is 43.3 Å². The largest absolute Gasteiger partial charge is 0.369 e. The minimum Gasteiger partial charge on any atom is -0.369 e. The van der Waals surface area contributed by atoms with Crippen LogP contribution in [0.15, 0.2) is 30.5 Å². The Morgan fingerprint density at radius 3 is 2.92 bits per heavy atom. The first kappa shape index (κ1) is 18.2. The first-order valence-electron chi connectivity index (χ1n) is 8.94. The van der Waals surface area contributed by atoms with Gasteiger partial charge in [0.1, 0.15) is 6.07 Å². The molecule has 1 aromatic heterocycles. The minimum atomic E-state index is 0.0559. The topological polar surface area (TPSA) is 72.3 Å². The fourth-order valence-electron chi connectivity index (χ4n) is 3.74. The van der Waals surface area contributed by atoms with Crippen LogP contribution < -0.4 is 10.2 Å². The van der Waals surface area contributed by atoms with Crippen LogP contribution in [0.3, 0.4) is 0 Å². The maximum absolute atomic E-state index is 12.2. The summed E-state index contributed by atoms with van der Waals surface area (Å²) in [6.07, 6.45) is 2.69. The number of nitrogens with one attached hydrogen (secondary N) is 1. The van der Waals surface area contributed by atoms with Crippen molar-refractivity contribution >= 4 is 22.5 Å². The number of carbonyl (C=O) groups excluding carboxylic acids is 1. The van der Waals surface area contributed by atoms with Gasteiger partial charge in [-0.15, -0.1) is 0 Å². The normalized spacial score (nSPS) is 20.2. The van der Waals surface area contributed by atoms with Crippen LogP contribution in [-0.2, 0) is 4.79 Å². The van der Waals surface area contributed by atoms with Gasteiger partial charge in [0.25, 0.3) is 0 Å². The number of benzene rings is 1. The summed E-state index contributed by atoms with van der Waals surface area (Å²) >= 11 is 0. The van der Waals surface area contributed by atoms with Crippen LogP contribution >= 0.6 is 0 Å². The van der Waals surface area contributed by atoms with E-state index in [0.717, 1.165) is 36.1 Å². The van der Waals surface area contributed by atoms with Crippen LogP contribution in [0.5, 0.6) is 0 Å². The number of nitriles is 1. The average Bonchev–Trinajstić information content (AvgIpc) is 2.59. The SMILES string of the molecule is C[C@H]1C[C@@H](NC(=O)CN(C)C)CN(c2ccc(C#N)c3ncccc23)C1. The third kappa shape index (κ3) is 3.94. The number of pyridine rings is 1. The molecule has 26 heavy (non-hydrogen) atoms. The summed E-state index contributed by atoms with van der Waals surface area (Å²) in [5.41, 5.74) is 2.40. The van der Waals surface area contributed by atoms with E-state index >= 15 is 0 Å². The van der Waals surface area contributed by atoms with Gasteiger partial charge in [-0.3, -0.25) is 9.78 Å². The first-order valence-corrected chi connectivity index (χ1v) is 8.94. The van der Waals surface area contributed by atoms with Crippen molar-refractivity contribution in [1.82, 2.24) is 15.2 Å². The Morgan fingerprint density at radius 2 is 2.19 bits per heavy atom. The number of carbonyl (C=O) groups is 1. The summed E-state index contributed by atoms with van der Waals surface area (Å²) in [6, 6.07) is 10.1. The summed E-state index contributed by atoms with van der Waals surface area (Å²) in [4.78, 5) is 20.7. The number of rotatable bonds is 4. The monoisotopic (exact) mass is 351 g/mol. The molecular weight excluding hydrogens is 326 g/mol. The molecule has 0 unspecified atom stereocenters. The molecule has 136 valence electrons. The Morgan fingerprint density at radius 1 is 1.38 bits per heavy atom. The van der Waals surface area contributed by atoms with Crippen molar-refractivity contribution in [2.45, 2.75) is 19.4 Å². The Bertz CT molecular complexity index is 842. The minimum absolute atomic E-state index is 0.0559. The number of hydrogen-bond donors (Lipinski definition) is 1. The number of amides is 1. The van der Waals surface area contributed by atoms with Gasteiger partial charge in [-0.1, -0.05) is 6.92 Å². The molecule has 1 fully saturated rings. The van der Waals surface area contributed by atoms with Crippen LogP contribution in [0.4, 0.5) is 5.69 Å². The number of likely N-dealkylation sites (N-methyl/N-ethyl adjacent to an activating group) is 1. The molecule has 1 N–H and O–H groups in total. The Hall–Kier alpha value is -2.65. The highest BCUT2D eigenvalue weighted by Crippen LogP contribution is 2.31. The molecule has 0 aliphatic carbocycles. The lowest BCUT2D eigenvalue weighted by atomic mass is 9.94. The maximum atomic E-state index is 12.2. The number of fused-ring (bicyclic) bond motifs is 1. The molecule has 1 aromatic carbocycles. The standard InChI is InChI=1S/C20H25N5O/c1-14-9-16(23-19(26)13-24(2)3)12-25(11-14)18-7-6-15(10-21)20-17(18)5-4-8-22-20/h4-8,14,16H,9,11-13H2,1-3H3,(H,23,26)/t14-,16+/m0/s1. The van der Waals surface area contributed by atoms with Crippen molar-refractivity contribution in [2.24, 2.45) is 5.92 Å². The Balaban J connectivity index is 1.86. The van der Waals surface area contributed by atoms with Crippen molar-refractivity contribution in [1.29, 1.82) is 5.26 Å². The second-order valence-electron chi connectivity index (χ2n) is 7.39. The number of hydrogen-bond acceptors (Lipinski definition) is 5. The number of piperidine rings is 1. The van der Waals surface area contributed by atoms with E-state index in [9.17, 15) is 10.1 Å². The van der Waals surface area contributed by atoms with Gasteiger partial charge in [0.05, 0.1) is 17.6 Å². The molecule has 0 saturated carbocycles. The van der Waals surface area contributed by atoms with Gasteiger partial charge in [-0.2, -0.15) is 5.26 Å². The lowest BCUT2D eigenvalue weighted by molar-refractivity contribution is -0.122. The average molecular weight is 351 g/mol. The zero-order chi connectivity index (χ0) is 18.7. The zero-order valence-electron chi connectivity index (χ0n) is 15.6. The highest BCUT2D eigenvalue weighted by atomic mass is 16.2. The molecule has 1 amide bonds. The van der Waals surface area contributed by atoms with Crippen molar-refractivity contribution in [3.8, 4) is 6.07 Å². The molecular formula is C20H25N5O. The van der Waals surface area contributed by atoms with Gasteiger partial charge in [0.15, 0.2) is 0 Å². The summed E-state index contributed by atoms with van der Waals surface area (Å²) in [5.74, 6) is 0.524. The van der Waals surface area contributed by atoms with Gasteiger partial charge in [-0.05, 0) is 50.7 Å². The lowest BCUT2D eigenvalue weighted by Crippen LogP contribution is -2.51. The predicted octanol–water partition coefficient (Wildman–Crippen LogP) is 2.00. The third-order valence-corrected chi connectivity index (χ3v) is 4.69. The molecule has 2 heterocycles. The molecule has 0 radical (unpaired) electrons. The van der Waals surface area contributed by atoms with E-state index in [1.54, 1.807) is 6.20 Å². The van der Waals surface area contributed by atoms with Gasteiger partial charge in [0, 0.05) is 36.4 Å². The van der Waals surface area contributed by atoms with Crippen molar-refractivity contribution < 1.29 is 4.79 Å². The quantitative estimate of drug-likeness (QED) is 0.912. The van der Waals surface area contributed by atoms with E-state index in [0.29, 0.717) is 18.0 Å². The van der Waals surface area contributed by atoms with Gasteiger partial charge in [0.2, 0.25) is 5.91 Å². The van der Waals surface area contributed by atoms with Crippen molar-refractivity contribution in [3.63, 3.8) is 0 Å². The zero-order valence-corrected chi connectivity index (χ0v) is 15.6. The Labute approximate surface area is 154 Å². The molecule has 3 rings (SSSR count).